The molecule has 1 aliphatic rings. The van der Waals surface area contributed by atoms with Gasteiger partial charge in [-0.3, -0.25) is 9.59 Å². The average Bonchev–Trinajstić information content (AvgIpc) is 2.60. The van der Waals surface area contributed by atoms with E-state index in [4.69, 9.17) is 5.11 Å². The lowest BCUT2D eigenvalue weighted by molar-refractivity contribution is -0.137. The number of hydrogen-bond acceptors (Lipinski definition) is 2. The van der Waals surface area contributed by atoms with Gasteiger partial charge in [0.05, 0.1) is 0 Å². The summed E-state index contributed by atoms with van der Waals surface area (Å²) in [6.07, 6.45) is 1.48. The second-order valence-electron chi connectivity index (χ2n) is 3.92. The minimum absolute atomic E-state index is 0.0323. The van der Waals surface area contributed by atoms with Crippen LogP contribution in [0.1, 0.15) is 34.3 Å². The molecule has 1 aliphatic heterocycles. The lowest BCUT2D eigenvalue weighted by Crippen LogP contribution is -2.12. The molecule has 4 heteroatoms. The van der Waals surface area contributed by atoms with Gasteiger partial charge in [-0.15, -0.1) is 0 Å². The first-order chi connectivity index (χ1) is 7.66. The summed E-state index contributed by atoms with van der Waals surface area (Å²) < 4.78 is 0. The van der Waals surface area contributed by atoms with Crippen molar-refractivity contribution in [1.82, 2.24) is 5.32 Å². The summed E-state index contributed by atoms with van der Waals surface area (Å²) >= 11 is 0. The fourth-order valence-electron chi connectivity index (χ4n) is 1.86. The largest absolute Gasteiger partial charge is 0.481 e. The number of nitrogens with one attached hydrogen (secondary N) is 1. The van der Waals surface area contributed by atoms with Crippen molar-refractivity contribution in [3.8, 4) is 0 Å². The van der Waals surface area contributed by atoms with Crippen molar-refractivity contribution in [1.29, 1.82) is 0 Å². The fourth-order valence-corrected chi connectivity index (χ4v) is 1.86. The summed E-state index contributed by atoms with van der Waals surface area (Å²) in [6.45, 7) is 0.601. The zero-order valence-electron chi connectivity index (χ0n) is 8.82. The van der Waals surface area contributed by atoms with Crippen LogP contribution in [-0.2, 0) is 17.8 Å². The molecule has 0 bridgehead atoms. The zero-order valence-corrected chi connectivity index (χ0v) is 8.82. The molecule has 0 saturated carbocycles. The van der Waals surface area contributed by atoms with E-state index in [-0.39, 0.29) is 12.3 Å². The van der Waals surface area contributed by atoms with Crippen molar-refractivity contribution < 1.29 is 14.7 Å². The van der Waals surface area contributed by atoms with Crippen molar-refractivity contribution in [3.05, 3.63) is 34.9 Å². The molecule has 84 valence electrons. The van der Waals surface area contributed by atoms with Gasteiger partial charge >= 0.3 is 5.97 Å². The zero-order chi connectivity index (χ0) is 11.5. The normalized spacial score (nSPS) is 13.4. The number of aryl methyl sites for hydroxylation is 1. The van der Waals surface area contributed by atoms with E-state index in [1.54, 1.807) is 0 Å². The Kier molecular flexibility index (Phi) is 2.90. The minimum atomic E-state index is -0.779. The maximum Gasteiger partial charge on any atom is 0.303 e. The molecule has 16 heavy (non-hydrogen) atoms. The lowest BCUT2D eigenvalue weighted by Gasteiger charge is -2.02. The first-order valence-electron chi connectivity index (χ1n) is 5.28. The van der Waals surface area contributed by atoms with Crippen LogP contribution in [0.15, 0.2) is 18.2 Å². The predicted molar refractivity (Wildman–Crippen MR) is 58.2 cm³/mol. The highest BCUT2D eigenvalue weighted by Gasteiger charge is 2.18. The van der Waals surface area contributed by atoms with E-state index in [1.807, 2.05) is 18.2 Å². The second-order valence-corrected chi connectivity index (χ2v) is 3.92. The van der Waals surface area contributed by atoms with Gasteiger partial charge in [0.25, 0.3) is 5.91 Å². The molecule has 1 amide bonds. The summed E-state index contributed by atoms with van der Waals surface area (Å²) in [7, 11) is 0. The molecule has 0 unspecified atom stereocenters. The van der Waals surface area contributed by atoms with E-state index in [0.29, 0.717) is 19.4 Å². The van der Waals surface area contributed by atoms with Crippen molar-refractivity contribution in [3.63, 3.8) is 0 Å². The van der Waals surface area contributed by atoms with E-state index in [1.165, 1.54) is 0 Å². The Bertz CT molecular complexity index is 440. The van der Waals surface area contributed by atoms with Crippen LogP contribution in [0.3, 0.4) is 0 Å². The Hall–Kier alpha value is -1.84. The Morgan fingerprint density at radius 3 is 3.00 bits per heavy atom. The molecule has 0 radical (unpaired) electrons. The number of carbonyl (C=O) groups excluding carboxylic acids is 1. The molecule has 1 aromatic rings. The van der Waals surface area contributed by atoms with Crippen molar-refractivity contribution in [2.24, 2.45) is 0 Å². The number of amides is 1. The summed E-state index contributed by atoms with van der Waals surface area (Å²) in [5, 5.41) is 11.3. The molecular weight excluding hydrogens is 206 g/mol. The van der Waals surface area contributed by atoms with Gasteiger partial charge in [0.1, 0.15) is 0 Å². The highest BCUT2D eigenvalue weighted by atomic mass is 16.4. The van der Waals surface area contributed by atoms with Crippen LogP contribution in [0.4, 0.5) is 0 Å². The van der Waals surface area contributed by atoms with Gasteiger partial charge in [0, 0.05) is 18.5 Å². The number of benzene rings is 1. The van der Waals surface area contributed by atoms with Crippen LogP contribution < -0.4 is 5.32 Å². The number of fused-ring (bicyclic) bond motifs is 1. The third-order valence-electron chi connectivity index (χ3n) is 2.71. The Morgan fingerprint density at radius 1 is 1.44 bits per heavy atom. The first kappa shape index (κ1) is 10.7. The average molecular weight is 219 g/mol. The van der Waals surface area contributed by atoms with Crippen LogP contribution in [0.25, 0.3) is 0 Å². The first-order valence-corrected chi connectivity index (χ1v) is 5.28. The Labute approximate surface area is 93.3 Å². The molecule has 0 fully saturated rings. The third kappa shape index (κ3) is 2.21. The van der Waals surface area contributed by atoms with Crippen molar-refractivity contribution >= 4 is 11.9 Å². The molecule has 0 spiro atoms. The standard InChI is InChI=1S/C12H13NO3/c14-11(15)3-1-2-8-4-5-9-7-13-12(16)10(9)6-8/h4-6H,1-3,7H2,(H,13,16)(H,14,15). The molecule has 1 heterocycles. The second kappa shape index (κ2) is 4.35. The highest BCUT2D eigenvalue weighted by Crippen LogP contribution is 2.18. The van der Waals surface area contributed by atoms with Gasteiger partial charge in [-0.2, -0.15) is 0 Å². The molecule has 2 rings (SSSR count). The summed E-state index contributed by atoms with van der Waals surface area (Å²) in [5.41, 5.74) is 2.77. The maximum atomic E-state index is 11.4. The number of carbonyl (C=O) groups is 2. The number of hydrogen-bond donors (Lipinski definition) is 2. The van der Waals surface area contributed by atoms with E-state index in [2.05, 4.69) is 5.32 Å². The van der Waals surface area contributed by atoms with Crippen LogP contribution in [0.2, 0.25) is 0 Å². The molecule has 4 nitrogen and oxygen atoms in total. The molecule has 0 atom stereocenters. The van der Waals surface area contributed by atoms with Gasteiger partial charge in [-0.25, -0.2) is 0 Å². The fraction of sp³-hybridized carbons (Fsp3) is 0.333. The number of carboxylic acid groups (broad SMARTS) is 1. The maximum absolute atomic E-state index is 11.4. The summed E-state index contributed by atoms with van der Waals surface area (Å²) in [4.78, 5) is 21.8. The van der Waals surface area contributed by atoms with Gasteiger partial charge in [-0.1, -0.05) is 12.1 Å². The van der Waals surface area contributed by atoms with E-state index in [0.717, 1.165) is 16.7 Å². The van der Waals surface area contributed by atoms with Crippen LogP contribution >= 0.6 is 0 Å². The number of rotatable bonds is 4. The Balaban J connectivity index is 2.04. The van der Waals surface area contributed by atoms with E-state index < -0.39 is 5.97 Å². The third-order valence-corrected chi connectivity index (χ3v) is 2.71. The predicted octanol–water partition coefficient (Wildman–Crippen LogP) is 1.34. The molecule has 0 saturated heterocycles. The molecule has 1 aromatic carbocycles. The van der Waals surface area contributed by atoms with Gasteiger partial charge in [-0.05, 0) is 30.0 Å². The topological polar surface area (TPSA) is 66.4 Å². The Morgan fingerprint density at radius 2 is 2.25 bits per heavy atom. The summed E-state index contributed by atoms with van der Waals surface area (Å²) in [5.74, 6) is -0.811. The highest BCUT2D eigenvalue weighted by molar-refractivity contribution is 5.98. The summed E-state index contributed by atoms with van der Waals surface area (Å²) in [6, 6.07) is 5.75. The SMILES string of the molecule is O=C(O)CCCc1ccc2c(c1)C(=O)NC2. The number of aliphatic carboxylic acids is 1. The quantitative estimate of drug-likeness (QED) is 0.803. The van der Waals surface area contributed by atoms with Crippen molar-refractivity contribution in [2.75, 3.05) is 0 Å². The van der Waals surface area contributed by atoms with E-state index >= 15 is 0 Å². The minimum Gasteiger partial charge on any atom is -0.481 e. The van der Waals surface area contributed by atoms with Crippen LogP contribution in [-0.4, -0.2) is 17.0 Å². The van der Waals surface area contributed by atoms with E-state index in [9.17, 15) is 9.59 Å². The molecule has 2 N–H and O–H groups in total. The number of carboxylic acids is 1. The monoisotopic (exact) mass is 219 g/mol. The van der Waals surface area contributed by atoms with Crippen molar-refractivity contribution in [2.45, 2.75) is 25.8 Å². The smallest absolute Gasteiger partial charge is 0.303 e. The van der Waals surface area contributed by atoms with Crippen LogP contribution in [0.5, 0.6) is 0 Å². The molecule has 0 aromatic heterocycles. The van der Waals surface area contributed by atoms with Gasteiger partial charge < -0.3 is 10.4 Å². The molecule has 0 aliphatic carbocycles. The van der Waals surface area contributed by atoms with Crippen LogP contribution in [0, 0.1) is 0 Å². The van der Waals surface area contributed by atoms with Gasteiger partial charge in [0.15, 0.2) is 0 Å². The lowest BCUT2D eigenvalue weighted by atomic mass is 10.0. The van der Waals surface area contributed by atoms with Gasteiger partial charge in [0.2, 0.25) is 0 Å². The molecular formula is C12H13NO3.